The molecule has 28 heavy (non-hydrogen) atoms. The first-order valence-corrected chi connectivity index (χ1v) is 9.18. The Balaban J connectivity index is 2.14. The molecule has 7 heteroatoms. The van der Waals surface area contributed by atoms with E-state index in [0.717, 1.165) is 11.1 Å². The van der Waals surface area contributed by atoms with Crippen LogP contribution in [0.3, 0.4) is 0 Å². The Hall–Kier alpha value is -2.41. The van der Waals surface area contributed by atoms with Crippen molar-refractivity contribution < 1.29 is 23.9 Å². The quantitative estimate of drug-likeness (QED) is 0.572. The van der Waals surface area contributed by atoms with Gasteiger partial charge in [0.1, 0.15) is 6.10 Å². The monoisotopic (exact) mass is 403 g/mol. The maximum Gasteiger partial charge on any atom is 0.325 e. The summed E-state index contributed by atoms with van der Waals surface area (Å²) in [6.07, 6.45) is -0.488. The summed E-state index contributed by atoms with van der Waals surface area (Å²) in [4.78, 5) is 32.1. The maximum absolute atomic E-state index is 13.0. The average molecular weight is 404 g/mol. The molecule has 0 bridgehead atoms. The van der Waals surface area contributed by atoms with Crippen LogP contribution < -0.4 is 0 Å². The van der Waals surface area contributed by atoms with Gasteiger partial charge in [-0.1, -0.05) is 54.1 Å². The Labute approximate surface area is 168 Å². The lowest BCUT2D eigenvalue weighted by atomic mass is 9.70. The summed E-state index contributed by atoms with van der Waals surface area (Å²) in [5.74, 6) is -1.33. The zero-order chi connectivity index (χ0) is 20.3. The number of halogens is 1. The predicted molar refractivity (Wildman–Crippen MR) is 103 cm³/mol. The number of ether oxygens (including phenoxy) is 2. The molecule has 1 aliphatic rings. The molecule has 6 nitrogen and oxygen atoms in total. The van der Waals surface area contributed by atoms with Crippen molar-refractivity contribution in [2.24, 2.45) is 5.41 Å². The van der Waals surface area contributed by atoms with E-state index in [1.54, 1.807) is 19.2 Å². The fourth-order valence-corrected chi connectivity index (χ4v) is 3.96. The van der Waals surface area contributed by atoms with Gasteiger partial charge in [-0.05, 0) is 23.3 Å². The zero-order valence-electron chi connectivity index (χ0n) is 15.9. The number of hydrogen-bond acceptors (Lipinski definition) is 6. The predicted octanol–water partition coefficient (Wildman–Crippen LogP) is 3.72. The number of esters is 2. The third-order valence-corrected chi connectivity index (χ3v) is 5.34. The van der Waals surface area contributed by atoms with Crippen molar-refractivity contribution in [2.75, 3.05) is 21.3 Å². The minimum Gasteiger partial charge on any atom is -0.468 e. The van der Waals surface area contributed by atoms with Crippen molar-refractivity contribution in [3.8, 4) is 0 Å². The standard InChI is InChI=1S/C21H22ClNO5/c1-23-18(15-7-5-4-6-8-15)21(19(24)26-2,20(25)27-3)13-17(28-23)14-9-11-16(22)12-10-14/h4-12,17-18H,13H2,1-3H3. The largest absolute Gasteiger partial charge is 0.468 e. The molecular weight excluding hydrogens is 382 g/mol. The van der Waals surface area contributed by atoms with E-state index in [4.69, 9.17) is 25.9 Å². The van der Waals surface area contributed by atoms with Crippen molar-refractivity contribution in [3.05, 3.63) is 70.7 Å². The Morgan fingerprint density at radius 2 is 1.57 bits per heavy atom. The van der Waals surface area contributed by atoms with Crippen molar-refractivity contribution in [3.63, 3.8) is 0 Å². The zero-order valence-corrected chi connectivity index (χ0v) is 16.7. The van der Waals surface area contributed by atoms with Crippen molar-refractivity contribution in [1.82, 2.24) is 5.06 Å². The Morgan fingerprint density at radius 1 is 1.00 bits per heavy atom. The van der Waals surface area contributed by atoms with Gasteiger partial charge in [0.15, 0.2) is 5.41 Å². The topological polar surface area (TPSA) is 65.1 Å². The van der Waals surface area contributed by atoms with Crippen LogP contribution in [0.25, 0.3) is 0 Å². The number of carbonyl (C=O) groups excluding carboxylic acids is 2. The number of hydroxylamine groups is 2. The molecule has 2 aromatic carbocycles. The van der Waals surface area contributed by atoms with Crippen LogP contribution in [-0.2, 0) is 23.9 Å². The first-order chi connectivity index (χ1) is 13.4. The highest BCUT2D eigenvalue weighted by molar-refractivity contribution is 6.30. The van der Waals surface area contributed by atoms with Gasteiger partial charge >= 0.3 is 11.9 Å². The molecule has 0 radical (unpaired) electrons. The molecule has 1 aliphatic heterocycles. The van der Waals surface area contributed by atoms with Crippen LogP contribution in [0.4, 0.5) is 0 Å². The molecule has 0 N–H and O–H groups in total. The number of hydrogen-bond donors (Lipinski definition) is 0. The van der Waals surface area contributed by atoms with E-state index in [-0.39, 0.29) is 6.42 Å². The summed E-state index contributed by atoms with van der Waals surface area (Å²) in [7, 11) is 4.23. The molecule has 0 saturated carbocycles. The summed E-state index contributed by atoms with van der Waals surface area (Å²) >= 11 is 5.98. The van der Waals surface area contributed by atoms with E-state index in [1.165, 1.54) is 19.3 Å². The van der Waals surface area contributed by atoms with Crippen LogP contribution in [-0.4, -0.2) is 38.3 Å². The first-order valence-electron chi connectivity index (χ1n) is 8.81. The number of rotatable bonds is 4. The van der Waals surface area contributed by atoms with Crippen LogP contribution >= 0.6 is 11.6 Å². The highest BCUT2D eigenvalue weighted by Gasteiger charge is 2.61. The molecule has 3 rings (SSSR count). The smallest absolute Gasteiger partial charge is 0.325 e. The molecule has 0 amide bonds. The molecule has 1 fully saturated rings. The maximum atomic E-state index is 13.0. The highest BCUT2D eigenvalue weighted by atomic mass is 35.5. The number of methoxy groups -OCH3 is 2. The summed E-state index contributed by atoms with van der Waals surface area (Å²) in [6, 6.07) is 15.6. The third kappa shape index (κ3) is 3.51. The lowest BCUT2D eigenvalue weighted by molar-refractivity contribution is -0.277. The molecule has 1 saturated heterocycles. The minimum absolute atomic E-state index is 0.0673. The normalized spacial score (nSPS) is 21.7. The molecule has 0 spiro atoms. The highest BCUT2D eigenvalue weighted by Crippen LogP contribution is 2.51. The van der Waals surface area contributed by atoms with Gasteiger partial charge in [0.05, 0.1) is 20.3 Å². The van der Waals surface area contributed by atoms with Gasteiger partial charge in [-0.2, -0.15) is 5.06 Å². The van der Waals surface area contributed by atoms with E-state index in [1.807, 2.05) is 42.5 Å². The number of benzene rings is 2. The van der Waals surface area contributed by atoms with Gasteiger partial charge in [-0.25, -0.2) is 0 Å². The molecule has 2 atom stereocenters. The molecule has 0 aliphatic carbocycles. The van der Waals surface area contributed by atoms with E-state index in [0.29, 0.717) is 5.02 Å². The van der Waals surface area contributed by atoms with Crippen molar-refractivity contribution in [1.29, 1.82) is 0 Å². The molecule has 148 valence electrons. The average Bonchev–Trinajstić information content (AvgIpc) is 2.72. The molecular formula is C21H22ClNO5. The summed E-state index contributed by atoms with van der Waals surface area (Å²) < 4.78 is 10.2. The lowest BCUT2D eigenvalue weighted by Crippen LogP contribution is -2.55. The van der Waals surface area contributed by atoms with E-state index >= 15 is 0 Å². The molecule has 1 heterocycles. The van der Waals surface area contributed by atoms with Gasteiger partial charge < -0.3 is 9.47 Å². The first kappa shape index (κ1) is 20.3. The van der Waals surface area contributed by atoms with Crippen LogP contribution in [0.1, 0.15) is 29.7 Å². The van der Waals surface area contributed by atoms with Crippen LogP contribution in [0.5, 0.6) is 0 Å². The van der Waals surface area contributed by atoms with Crippen LogP contribution in [0, 0.1) is 5.41 Å². The second-order valence-electron chi connectivity index (χ2n) is 6.66. The van der Waals surface area contributed by atoms with Gasteiger partial charge in [-0.3, -0.25) is 14.4 Å². The fourth-order valence-electron chi connectivity index (χ4n) is 3.84. The fraction of sp³-hybridized carbons (Fsp3) is 0.333. The Bertz CT molecular complexity index is 824. The van der Waals surface area contributed by atoms with Crippen LogP contribution in [0.15, 0.2) is 54.6 Å². The van der Waals surface area contributed by atoms with E-state index < -0.39 is 29.5 Å². The van der Waals surface area contributed by atoms with Crippen LogP contribution in [0.2, 0.25) is 5.02 Å². The Kier molecular flexibility index (Phi) is 6.03. The van der Waals surface area contributed by atoms with Gasteiger partial charge in [0, 0.05) is 18.5 Å². The summed E-state index contributed by atoms with van der Waals surface area (Å²) in [5.41, 5.74) is -0.0578. The van der Waals surface area contributed by atoms with Gasteiger partial charge in [0.25, 0.3) is 0 Å². The van der Waals surface area contributed by atoms with Crippen molar-refractivity contribution >= 4 is 23.5 Å². The SMILES string of the molecule is COC(=O)C1(C(=O)OC)CC(c2ccc(Cl)cc2)ON(C)C1c1ccccc1. The van der Waals surface area contributed by atoms with E-state index in [9.17, 15) is 9.59 Å². The summed E-state index contributed by atoms with van der Waals surface area (Å²) in [6.45, 7) is 0. The van der Waals surface area contributed by atoms with E-state index in [2.05, 4.69) is 0 Å². The molecule has 0 aromatic heterocycles. The van der Waals surface area contributed by atoms with Gasteiger partial charge in [-0.15, -0.1) is 0 Å². The number of carbonyl (C=O) groups is 2. The second-order valence-corrected chi connectivity index (χ2v) is 7.10. The third-order valence-electron chi connectivity index (χ3n) is 5.09. The molecule has 2 aromatic rings. The Morgan fingerprint density at radius 3 is 2.11 bits per heavy atom. The minimum atomic E-state index is -1.60. The molecule has 2 unspecified atom stereocenters. The lowest BCUT2D eigenvalue weighted by Gasteiger charge is -2.47. The summed E-state index contributed by atoms with van der Waals surface area (Å²) in [5, 5.41) is 2.12. The second kappa shape index (κ2) is 8.31. The van der Waals surface area contributed by atoms with Gasteiger partial charge in [0.2, 0.25) is 0 Å². The number of nitrogens with zero attached hydrogens (tertiary/aromatic N) is 1. The van der Waals surface area contributed by atoms with Crippen molar-refractivity contribution in [2.45, 2.75) is 18.6 Å².